The Kier molecular flexibility index (Phi) is 7.36. The number of hydrogen-bond donors (Lipinski definition) is 0. The molecule has 0 saturated carbocycles. The third kappa shape index (κ3) is 5.20. The van der Waals surface area contributed by atoms with E-state index in [1.807, 2.05) is 0 Å². The van der Waals surface area contributed by atoms with Crippen LogP contribution in [0.25, 0.3) is 11.1 Å². The minimum atomic E-state index is 0.404. The van der Waals surface area contributed by atoms with E-state index in [1.165, 1.54) is 73.6 Å². The predicted molar refractivity (Wildman–Crippen MR) is 126 cm³/mol. The molecule has 0 amide bonds. The summed E-state index contributed by atoms with van der Waals surface area (Å²) in [7, 11) is 0. The van der Waals surface area contributed by atoms with Crippen molar-refractivity contribution in [1.82, 2.24) is 0 Å². The summed E-state index contributed by atoms with van der Waals surface area (Å²) >= 11 is 0. The fourth-order valence-electron chi connectivity index (χ4n) is 4.90. The molecule has 0 fully saturated rings. The molecule has 4 rings (SSSR count). The van der Waals surface area contributed by atoms with Crippen molar-refractivity contribution in [2.45, 2.75) is 103 Å². The fourth-order valence-corrected chi connectivity index (χ4v) is 4.90. The molecule has 162 valence electrons. The molecule has 0 N–H and O–H groups in total. The largest absolute Gasteiger partial charge is 0.490 e. The quantitative estimate of drug-likeness (QED) is 0.394. The third-order valence-corrected chi connectivity index (χ3v) is 6.77. The first-order chi connectivity index (χ1) is 14.8. The minimum Gasteiger partial charge on any atom is -0.490 e. The van der Waals surface area contributed by atoms with Gasteiger partial charge in [0.1, 0.15) is 11.5 Å². The van der Waals surface area contributed by atoms with Gasteiger partial charge in [-0.15, -0.1) is 0 Å². The van der Waals surface area contributed by atoms with Gasteiger partial charge in [0.05, 0.1) is 12.2 Å². The zero-order valence-corrected chi connectivity index (χ0v) is 18.9. The molecule has 2 heteroatoms. The molecule has 0 aromatic heterocycles. The Morgan fingerprint density at radius 3 is 1.57 bits per heavy atom. The van der Waals surface area contributed by atoms with Gasteiger partial charge in [0.15, 0.2) is 0 Å². The van der Waals surface area contributed by atoms with Crippen molar-refractivity contribution in [3.8, 4) is 22.6 Å². The Hall–Kier alpha value is -1.96. The second-order valence-electron chi connectivity index (χ2n) is 9.19. The molecule has 2 aromatic rings. The minimum absolute atomic E-state index is 0.404. The normalized spacial score (nSPS) is 20.1. The van der Waals surface area contributed by atoms with Crippen molar-refractivity contribution in [3.63, 3.8) is 0 Å². The molecular weight excluding hydrogens is 368 g/mol. The van der Waals surface area contributed by atoms with Gasteiger partial charge in [-0.3, -0.25) is 0 Å². The number of aryl methyl sites for hydroxylation is 2. The van der Waals surface area contributed by atoms with Crippen molar-refractivity contribution >= 4 is 0 Å². The average molecular weight is 407 g/mol. The molecule has 0 radical (unpaired) electrons. The lowest BCUT2D eigenvalue weighted by Crippen LogP contribution is -2.22. The third-order valence-electron chi connectivity index (χ3n) is 6.77. The maximum Gasteiger partial charge on any atom is 0.122 e. The van der Waals surface area contributed by atoms with Gasteiger partial charge in [-0.05, 0) is 97.9 Å². The molecule has 0 bridgehead atoms. The van der Waals surface area contributed by atoms with Gasteiger partial charge in [0, 0.05) is 0 Å². The predicted octanol–water partition coefficient (Wildman–Crippen LogP) is 7.90. The summed E-state index contributed by atoms with van der Waals surface area (Å²) in [6.45, 7) is 4.52. The molecule has 0 aliphatic carbocycles. The molecule has 2 unspecified atom stereocenters. The van der Waals surface area contributed by atoms with Crippen LogP contribution in [0.5, 0.6) is 11.5 Å². The Morgan fingerprint density at radius 1 is 0.667 bits per heavy atom. The number of rotatable bonds is 9. The van der Waals surface area contributed by atoms with Crippen molar-refractivity contribution in [2.75, 3.05) is 0 Å². The summed E-state index contributed by atoms with van der Waals surface area (Å²) in [5.41, 5.74) is 5.33. The number of unbranched alkanes of at least 4 members (excludes halogenated alkanes) is 4. The lowest BCUT2D eigenvalue weighted by molar-refractivity contribution is 0.160. The molecule has 30 heavy (non-hydrogen) atoms. The molecule has 0 spiro atoms. The van der Waals surface area contributed by atoms with Gasteiger partial charge in [0.2, 0.25) is 0 Å². The van der Waals surface area contributed by atoms with E-state index in [4.69, 9.17) is 9.47 Å². The van der Waals surface area contributed by atoms with E-state index in [9.17, 15) is 0 Å². The van der Waals surface area contributed by atoms with Crippen LogP contribution in [0.15, 0.2) is 36.4 Å². The van der Waals surface area contributed by atoms with Crippen LogP contribution in [0.3, 0.4) is 0 Å². The summed E-state index contributed by atoms with van der Waals surface area (Å²) < 4.78 is 12.6. The maximum absolute atomic E-state index is 6.29. The topological polar surface area (TPSA) is 18.5 Å². The SMILES string of the molecule is CCCCCC1CCc2cc(-c3ccc4c(c3)CCC(CCCCC)O4)ccc2O1. The average Bonchev–Trinajstić information content (AvgIpc) is 2.78. The molecule has 2 aliphatic rings. The summed E-state index contributed by atoms with van der Waals surface area (Å²) in [5.74, 6) is 2.20. The van der Waals surface area contributed by atoms with Crippen molar-refractivity contribution in [1.29, 1.82) is 0 Å². The van der Waals surface area contributed by atoms with E-state index in [1.54, 1.807) is 0 Å². The van der Waals surface area contributed by atoms with Crippen LogP contribution in [0.1, 0.15) is 89.2 Å². The fraction of sp³-hybridized carbons (Fsp3) is 0.571. The van der Waals surface area contributed by atoms with Gasteiger partial charge in [-0.1, -0.05) is 51.7 Å². The standard InChI is InChI=1S/C28H38O2/c1-3-5-7-9-25-15-11-23-19-21(13-17-27(23)29-25)22-14-18-28-24(20-22)12-16-26(30-28)10-8-6-4-2/h13-14,17-20,25-26H,3-12,15-16H2,1-2H3. The van der Waals surface area contributed by atoms with E-state index in [0.29, 0.717) is 12.2 Å². The highest BCUT2D eigenvalue weighted by Crippen LogP contribution is 2.36. The van der Waals surface area contributed by atoms with Crippen LogP contribution in [0, 0.1) is 0 Å². The summed E-state index contributed by atoms with van der Waals surface area (Å²) in [6.07, 6.45) is 15.5. The highest BCUT2D eigenvalue weighted by Gasteiger charge is 2.22. The molecule has 2 aliphatic heterocycles. The zero-order valence-electron chi connectivity index (χ0n) is 18.9. The first-order valence-electron chi connectivity index (χ1n) is 12.4. The first kappa shape index (κ1) is 21.3. The lowest BCUT2D eigenvalue weighted by atomic mass is 9.93. The summed E-state index contributed by atoms with van der Waals surface area (Å²) in [5, 5.41) is 0. The first-order valence-corrected chi connectivity index (χ1v) is 12.4. The lowest BCUT2D eigenvalue weighted by Gasteiger charge is -2.27. The Labute approximate surface area is 183 Å². The van der Waals surface area contributed by atoms with Crippen LogP contribution in [-0.2, 0) is 12.8 Å². The molecule has 2 aromatic carbocycles. The van der Waals surface area contributed by atoms with E-state index in [-0.39, 0.29) is 0 Å². The van der Waals surface area contributed by atoms with Crippen molar-refractivity contribution < 1.29 is 9.47 Å². The van der Waals surface area contributed by atoms with Crippen LogP contribution in [0.4, 0.5) is 0 Å². The van der Waals surface area contributed by atoms with Gasteiger partial charge >= 0.3 is 0 Å². The Balaban J connectivity index is 1.41. The number of fused-ring (bicyclic) bond motifs is 2. The highest BCUT2D eigenvalue weighted by atomic mass is 16.5. The molecule has 2 heterocycles. The van der Waals surface area contributed by atoms with Crippen LogP contribution >= 0.6 is 0 Å². The Bertz CT molecular complexity index is 756. The van der Waals surface area contributed by atoms with Crippen molar-refractivity contribution in [3.05, 3.63) is 47.5 Å². The molecule has 0 saturated heterocycles. The molecule has 2 atom stereocenters. The molecule has 2 nitrogen and oxygen atoms in total. The van der Waals surface area contributed by atoms with Gasteiger partial charge in [-0.2, -0.15) is 0 Å². The second-order valence-corrected chi connectivity index (χ2v) is 9.19. The van der Waals surface area contributed by atoms with Gasteiger partial charge in [-0.25, -0.2) is 0 Å². The summed E-state index contributed by atoms with van der Waals surface area (Å²) in [6, 6.07) is 13.5. The van der Waals surface area contributed by atoms with E-state index < -0.39 is 0 Å². The maximum atomic E-state index is 6.29. The zero-order chi connectivity index (χ0) is 20.8. The highest BCUT2D eigenvalue weighted by molar-refractivity contribution is 5.68. The van der Waals surface area contributed by atoms with Crippen LogP contribution in [-0.4, -0.2) is 12.2 Å². The molecular formula is C28H38O2. The monoisotopic (exact) mass is 406 g/mol. The van der Waals surface area contributed by atoms with Crippen molar-refractivity contribution in [2.24, 2.45) is 0 Å². The van der Waals surface area contributed by atoms with Gasteiger partial charge in [0.25, 0.3) is 0 Å². The smallest absolute Gasteiger partial charge is 0.122 e. The Morgan fingerprint density at radius 2 is 1.13 bits per heavy atom. The number of benzene rings is 2. The van der Waals surface area contributed by atoms with E-state index in [2.05, 4.69) is 50.2 Å². The second kappa shape index (κ2) is 10.4. The summed E-state index contributed by atoms with van der Waals surface area (Å²) in [4.78, 5) is 0. The van der Waals surface area contributed by atoms with E-state index in [0.717, 1.165) is 37.2 Å². The van der Waals surface area contributed by atoms with Gasteiger partial charge < -0.3 is 9.47 Å². The number of ether oxygens (including phenoxy) is 2. The van der Waals surface area contributed by atoms with E-state index >= 15 is 0 Å². The number of hydrogen-bond acceptors (Lipinski definition) is 2. The van der Waals surface area contributed by atoms with Crippen LogP contribution < -0.4 is 9.47 Å². The van der Waals surface area contributed by atoms with Crippen LogP contribution in [0.2, 0.25) is 0 Å².